The second-order valence-electron chi connectivity index (χ2n) is 21.0. The molecule has 0 radical (unpaired) electrons. The van der Waals surface area contributed by atoms with Crippen molar-refractivity contribution in [2.75, 3.05) is 52.8 Å². The number of primary amides is 1. The van der Waals surface area contributed by atoms with Crippen LogP contribution in [0.15, 0.2) is 48.1 Å². The fourth-order valence-corrected chi connectivity index (χ4v) is 10.0. The Hall–Kier alpha value is -6.76. The van der Waals surface area contributed by atoms with E-state index in [9.17, 15) is 48.3 Å². The van der Waals surface area contributed by atoms with E-state index in [0.29, 0.717) is 43.5 Å². The number of imide groups is 1. The highest BCUT2D eigenvalue weighted by Crippen LogP contribution is 2.49. The number of methoxy groups -OCH3 is 2. The number of nitrogens with one attached hydrogen (secondary N) is 5. The van der Waals surface area contributed by atoms with Crippen LogP contribution in [-0.4, -0.2) is 170 Å². The van der Waals surface area contributed by atoms with E-state index in [0.717, 1.165) is 16.0 Å². The number of anilines is 1. The smallest absolute Gasteiger partial charge is 0.409 e. The van der Waals surface area contributed by atoms with Crippen molar-refractivity contribution in [3.05, 3.63) is 58.7 Å². The number of nitrogens with zero attached hydrogens (tertiary/aromatic N) is 3. The number of likely N-dealkylation sites (N-methyl/N-ethyl adjacent to an activating group) is 1. The fourth-order valence-electron chi connectivity index (χ4n) is 9.73. The van der Waals surface area contributed by atoms with E-state index in [2.05, 4.69) is 26.6 Å². The summed E-state index contributed by atoms with van der Waals surface area (Å²) in [5.74, 6) is -4.27. The van der Waals surface area contributed by atoms with Crippen molar-refractivity contribution in [3.63, 3.8) is 0 Å². The molecule has 24 nitrogen and oxygen atoms in total. The summed E-state index contributed by atoms with van der Waals surface area (Å²) >= 11 is 6.83. The van der Waals surface area contributed by atoms with Gasteiger partial charge in [0.05, 0.1) is 25.3 Å². The third-order valence-electron chi connectivity index (χ3n) is 14.8. The summed E-state index contributed by atoms with van der Waals surface area (Å²) in [5.41, 5.74) is 3.84. The Balaban J connectivity index is 1.31. The Morgan fingerprint density at radius 3 is 2.29 bits per heavy atom. The maximum Gasteiger partial charge on any atom is 0.409 e. The molecule has 25 heteroatoms. The summed E-state index contributed by atoms with van der Waals surface area (Å²) in [6, 6.07) is -1.76. The standard InChI is InChI=1S/C54H78ClN9O15/c1-30(2)45(48(69)59-35(18-16-23-58-50(56)71)47(68)57-22-13-11-12-14-24-64-41(65)20-21-42(64)66)60-51(72)62(7)33(5)49(70)78-40-28-43(67)63(8)36-26-34(27-37(75-9)44(36)55)25-31(3)17-15-19-39(76-10)54(74)29-38(77-52(73)61-54)32(4)46-53(40,6)79-46/h15,17,19-21,26-27,30,32-33,35,38-40,45-46,74H,11-14,16,18,22-25,28-29H2,1-10H3,(H,57,68)(H,59,69)(H,60,72)(H,61,73)(H3,56,58,71). The number of epoxide rings is 1. The first kappa shape index (κ1) is 63.1. The zero-order chi connectivity index (χ0) is 58.5. The molecule has 4 aliphatic rings. The molecule has 0 spiro atoms. The molecule has 0 aliphatic carbocycles. The number of unbranched alkanes of at least 4 members (excludes halogenated alkanes) is 3. The van der Waals surface area contributed by atoms with Gasteiger partial charge in [0, 0.05) is 65.3 Å². The number of urea groups is 2. The molecule has 4 bridgehead atoms. The van der Waals surface area contributed by atoms with Gasteiger partial charge in [0.1, 0.15) is 52.8 Å². The Morgan fingerprint density at radius 1 is 0.975 bits per heavy atom. The summed E-state index contributed by atoms with van der Waals surface area (Å²) in [6.45, 7) is 10.7. The number of ether oxygens (including phenoxy) is 5. The number of benzene rings is 1. The monoisotopic (exact) mass is 1130 g/mol. The molecule has 4 heterocycles. The van der Waals surface area contributed by atoms with Gasteiger partial charge >= 0.3 is 24.1 Å². The van der Waals surface area contributed by atoms with Crippen LogP contribution in [-0.2, 0) is 54.1 Å². The van der Waals surface area contributed by atoms with Crippen LogP contribution in [0.25, 0.3) is 0 Å². The number of aliphatic hydroxyl groups is 1. The van der Waals surface area contributed by atoms with Crippen molar-refractivity contribution in [3.8, 4) is 5.75 Å². The van der Waals surface area contributed by atoms with Crippen LogP contribution in [0.4, 0.5) is 20.1 Å². The van der Waals surface area contributed by atoms with Gasteiger partial charge in [-0.3, -0.25) is 34.2 Å². The minimum atomic E-state index is -1.92. The average molecular weight is 1130 g/mol. The topological polar surface area (TPSA) is 319 Å². The van der Waals surface area contributed by atoms with Gasteiger partial charge in [-0.1, -0.05) is 69.0 Å². The summed E-state index contributed by atoms with van der Waals surface area (Å²) in [6.07, 6.45) is 5.29. The zero-order valence-corrected chi connectivity index (χ0v) is 47.4. The normalized spacial score (nSPS) is 25.2. The van der Waals surface area contributed by atoms with Gasteiger partial charge in [-0.15, -0.1) is 0 Å². The van der Waals surface area contributed by atoms with Crippen molar-refractivity contribution in [2.45, 2.75) is 153 Å². The van der Waals surface area contributed by atoms with Gasteiger partial charge < -0.3 is 65.6 Å². The maximum absolute atomic E-state index is 14.5. The minimum absolute atomic E-state index is 0.0923. The number of allylic oxidation sites excluding steroid dienone is 3. The van der Waals surface area contributed by atoms with Crippen molar-refractivity contribution in [2.24, 2.45) is 17.6 Å². The first-order valence-corrected chi connectivity index (χ1v) is 26.9. The molecule has 1 aromatic carbocycles. The summed E-state index contributed by atoms with van der Waals surface area (Å²) in [4.78, 5) is 122. The first-order valence-electron chi connectivity index (χ1n) is 26.5. The van der Waals surface area contributed by atoms with Crippen LogP contribution in [0.2, 0.25) is 5.02 Å². The third kappa shape index (κ3) is 16.4. The van der Waals surface area contributed by atoms with Gasteiger partial charge in [-0.05, 0) is 76.5 Å². The lowest BCUT2D eigenvalue weighted by molar-refractivity contribution is -0.158. The van der Waals surface area contributed by atoms with Crippen LogP contribution < -0.4 is 42.0 Å². The van der Waals surface area contributed by atoms with Gasteiger partial charge in [0.2, 0.25) is 17.7 Å². The summed E-state index contributed by atoms with van der Waals surface area (Å²) in [7, 11) is 5.68. The number of rotatable bonds is 21. The molecule has 2 fully saturated rings. The van der Waals surface area contributed by atoms with Crippen LogP contribution in [0.3, 0.4) is 0 Å². The SMILES string of the molecule is COc1cc2cc(c1Cl)N(C)C(=O)CC(OC(=O)C(C)N(C)C(=O)NC(C(=O)NC(CCCNC(N)=O)C(=O)NCCCCCCN1C(=O)C=CC1=O)C(C)C)C1(C)OC1C(C)C1CC(O)(NC(=O)O1)C(OC)C=CC=C(C)C2. The molecule has 5 rings (SSSR count). The summed E-state index contributed by atoms with van der Waals surface area (Å²) in [5, 5.41) is 25.2. The second-order valence-corrected chi connectivity index (χ2v) is 21.4. The molecule has 10 unspecified atom stereocenters. The molecule has 0 aromatic heterocycles. The lowest BCUT2D eigenvalue weighted by atomic mass is 9.83. The highest BCUT2D eigenvalue weighted by molar-refractivity contribution is 6.35. The molecule has 0 saturated carbocycles. The van der Waals surface area contributed by atoms with Crippen molar-refractivity contribution in [1.82, 2.24) is 36.4 Å². The van der Waals surface area contributed by atoms with E-state index < -0.39 is 114 Å². The number of alkyl carbamates (subject to hydrolysis) is 1. The number of carbonyl (C=O) groups is 9. The number of amides is 10. The molecule has 1 aromatic rings. The van der Waals surface area contributed by atoms with Crippen molar-refractivity contribution in [1.29, 1.82) is 0 Å². The Labute approximate surface area is 465 Å². The van der Waals surface area contributed by atoms with Gasteiger partial charge in [-0.25, -0.2) is 19.2 Å². The molecule has 436 valence electrons. The van der Waals surface area contributed by atoms with E-state index in [4.69, 9.17) is 41.0 Å². The lowest BCUT2D eigenvalue weighted by Crippen LogP contribution is -2.63. The first-order chi connectivity index (χ1) is 37.2. The molecule has 2 saturated heterocycles. The number of hydrogen-bond acceptors (Lipinski definition) is 15. The van der Waals surface area contributed by atoms with E-state index in [-0.39, 0.29) is 55.7 Å². The lowest BCUT2D eigenvalue weighted by Gasteiger charge is -2.42. The molecular formula is C54H78ClN9O15. The van der Waals surface area contributed by atoms with Crippen LogP contribution in [0, 0.1) is 11.8 Å². The highest BCUT2D eigenvalue weighted by atomic mass is 35.5. The molecule has 10 atom stereocenters. The van der Waals surface area contributed by atoms with Crippen LogP contribution in [0.1, 0.15) is 98.5 Å². The largest absolute Gasteiger partial charge is 0.495 e. The summed E-state index contributed by atoms with van der Waals surface area (Å²) < 4.78 is 29.5. The van der Waals surface area contributed by atoms with Gasteiger partial charge in [0.15, 0.2) is 5.72 Å². The van der Waals surface area contributed by atoms with Crippen LogP contribution >= 0.6 is 11.6 Å². The highest BCUT2D eigenvalue weighted by Gasteiger charge is 2.64. The maximum atomic E-state index is 14.5. The predicted molar refractivity (Wildman–Crippen MR) is 289 cm³/mol. The second kappa shape index (κ2) is 27.9. The Kier molecular flexibility index (Phi) is 22.3. The molecular weight excluding hydrogens is 1050 g/mol. The van der Waals surface area contributed by atoms with E-state index in [1.54, 1.807) is 52.0 Å². The average Bonchev–Trinajstić information content (AvgIpc) is 4.15. The molecule has 8 N–H and O–H groups in total. The van der Waals surface area contributed by atoms with Crippen molar-refractivity contribution >= 4 is 70.9 Å². The molecule has 10 amide bonds. The Morgan fingerprint density at radius 2 is 1.65 bits per heavy atom. The number of fused-ring (bicyclic) bond motifs is 5. The van der Waals surface area contributed by atoms with Gasteiger partial charge in [0.25, 0.3) is 11.8 Å². The zero-order valence-electron chi connectivity index (χ0n) is 46.7. The molecule has 4 aliphatic heterocycles. The van der Waals surface area contributed by atoms with E-state index >= 15 is 0 Å². The van der Waals surface area contributed by atoms with Gasteiger partial charge in [-0.2, -0.15) is 0 Å². The van der Waals surface area contributed by atoms with Crippen LogP contribution in [0.5, 0.6) is 5.75 Å². The quantitative estimate of drug-likeness (QED) is 0.0402. The van der Waals surface area contributed by atoms with E-state index in [1.165, 1.54) is 57.2 Å². The number of esters is 1. The minimum Gasteiger partial charge on any atom is -0.495 e. The number of hydrogen-bond donors (Lipinski definition) is 7. The van der Waals surface area contributed by atoms with E-state index in [1.807, 2.05) is 13.0 Å². The third-order valence-corrected chi connectivity index (χ3v) is 15.2. The fraction of sp³-hybridized carbons (Fsp3) is 0.611. The Bertz CT molecular complexity index is 2530. The molecule has 79 heavy (non-hydrogen) atoms. The number of halogens is 1. The van der Waals surface area contributed by atoms with Crippen molar-refractivity contribution < 1.29 is 71.9 Å². The number of nitrogens with two attached hydrogens (primary N) is 1. The number of carbonyl (C=O) groups excluding carboxylic acids is 9. The predicted octanol–water partition coefficient (Wildman–Crippen LogP) is 3.26.